The standard InChI is InChI=1S/C11H18N2O2S/c1-3-16(14,15)8-7-13-11-6-4-5-10(12)9(11)2/h4-6,13H,3,7-8,12H2,1-2H3. The highest BCUT2D eigenvalue weighted by Gasteiger charge is 2.07. The minimum atomic E-state index is -2.91. The van der Waals surface area contributed by atoms with Gasteiger partial charge in [0.25, 0.3) is 0 Å². The number of nitrogens with one attached hydrogen (secondary N) is 1. The molecule has 0 aliphatic heterocycles. The zero-order valence-electron chi connectivity index (χ0n) is 9.66. The van der Waals surface area contributed by atoms with Gasteiger partial charge in [-0.15, -0.1) is 0 Å². The fourth-order valence-electron chi connectivity index (χ4n) is 1.33. The predicted molar refractivity (Wildman–Crippen MR) is 68.4 cm³/mol. The highest BCUT2D eigenvalue weighted by molar-refractivity contribution is 7.91. The van der Waals surface area contributed by atoms with Gasteiger partial charge in [-0.05, 0) is 24.6 Å². The van der Waals surface area contributed by atoms with E-state index in [-0.39, 0.29) is 11.5 Å². The summed E-state index contributed by atoms with van der Waals surface area (Å²) in [6.07, 6.45) is 0. The first-order valence-corrected chi connectivity index (χ1v) is 7.08. The Balaban J connectivity index is 2.59. The van der Waals surface area contributed by atoms with E-state index in [4.69, 9.17) is 5.73 Å². The Morgan fingerprint density at radius 1 is 1.38 bits per heavy atom. The van der Waals surface area contributed by atoms with E-state index < -0.39 is 9.84 Å². The number of hydrogen-bond acceptors (Lipinski definition) is 4. The van der Waals surface area contributed by atoms with Crippen LogP contribution in [-0.2, 0) is 9.84 Å². The lowest BCUT2D eigenvalue weighted by Gasteiger charge is -2.10. The molecule has 0 bridgehead atoms. The van der Waals surface area contributed by atoms with Crippen molar-refractivity contribution in [1.29, 1.82) is 0 Å². The summed E-state index contributed by atoms with van der Waals surface area (Å²) >= 11 is 0. The molecule has 0 aliphatic rings. The van der Waals surface area contributed by atoms with Crippen LogP contribution in [0.2, 0.25) is 0 Å². The third kappa shape index (κ3) is 3.41. The Kier molecular flexibility index (Phi) is 4.18. The van der Waals surface area contributed by atoms with Gasteiger partial charge in [-0.1, -0.05) is 13.0 Å². The Morgan fingerprint density at radius 3 is 2.69 bits per heavy atom. The summed E-state index contributed by atoms with van der Waals surface area (Å²) in [5.41, 5.74) is 8.31. The second kappa shape index (κ2) is 5.21. The Bertz CT molecular complexity index is 455. The molecule has 0 aliphatic carbocycles. The van der Waals surface area contributed by atoms with Crippen LogP contribution in [0.5, 0.6) is 0 Å². The lowest BCUT2D eigenvalue weighted by molar-refractivity contribution is 0.597. The maximum atomic E-state index is 11.3. The maximum Gasteiger partial charge on any atom is 0.151 e. The van der Waals surface area contributed by atoms with E-state index in [0.29, 0.717) is 12.2 Å². The van der Waals surface area contributed by atoms with Crippen molar-refractivity contribution in [3.8, 4) is 0 Å². The number of rotatable bonds is 5. The first kappa shape index (κ1) is 12.8. The molecule has 0 spiro atoms. The van der Waals surface area contributed by atoms with Crippen LogP contribution in [0.1, 0.15) is 12.5 Å². The normalized spacial score (nSPS) is 11.4. The quantitative estimate of drug-likeness (QED) is 0.766. The van der Waals surface area contributed by atoms with Gasteiger partial charge in [0.2, 0.25) is 0 Å². The number of hydrogen-bond donors (Lipinski definition) is 2. The summed E-state index contributed by atoms with van der Waals surface area (Å²) in [4.78, 5) is 0. The number of benzene rings is 1. The largest absolute Gasteiger partial charge is 0.398 e. The van der Waals surface area contributed by atoms with Gasteiger partial charge in [-0.25, -0.2) is 8.42 Å². The molecule has 0 fully saturated rings. The second-order valence-electron chi connectivity index (χ2n) is 3.68. The van der Waals surface area contributed by atoms with Crippen LogP contribution in [0.3, 0.4) is 0 Å². The molecule has 16 heavy (non-hydrogen) atoms. The molecule has 0 heterocycles. The van der Waals surface area contributed by atoms with Crippen LogP contribution in [0.15, 0.2) is 18.2 Å². The lowest BCUT2D eigenvalue weighted by atomic mass is 10.1. The molecule has 0 saturated heterocycles. The summed E-state index contributed by atoms with van der Waals surface area (Å²) in [7, 11) is -2.91. The number of nitrogens with two attached hydrogens (primary N) is 1. The van der Waals surface area contributed by atoms with Crippen LogP contribution in [0.25, 0.3) is 0 Å². The molecule has 0 amide bonds. The molecule has 0 saturated carbocycles. The van der Waals surface area contributed by atoms with E-state index in [1.807, 2.05) is 25.1 Å². The highest BCUT2D eigenvalue weighted by atomic mass is 32.2. The monoisotopic (exact) mass is 242 g/mol. The Morgan fingerprint density at radius 2 is 2.06 bits per heavy atom. The van der Waals surface area contributed by atoms with Gasteiger partial charge in [0.05, 0.1) is 5.75 Å². The topological polar surface area (TPSA) is 72.2 Å². The summed E-state index contributed by atoms with van der Waals surface area (Å²) in [6.45, 7) is 3.98. The average Bonchev–Trinajstić information content (AvgIpc) is 2.24. The van der Waals surface area contributed by atoms with E-state index in [2.05, 4.69) is 5.32 Å². The van der Waals surface area contributed by atoms with Crippen LogP contribution in [0, 0.1) is 6.92 Å². The molecule has 90 valence electrons. The third-order valence-corrected chi connectivity index (χ3v) is 4.25. The van der Waals surface area contributed by atoms with E-state index in [1.165, 1.54) is 0 Å². The summed E-state index contributed by atoms with van der Waals surface area (Å²) in [6, 6.07) is 5.56. The Hall–Kier alpha value is -1.23. The molecular formula is C11H18N2O2S. The summed E-state index contributed by atoms with van der Waals surface area (Å²) in [5.74, 6) is 0.336. The Labute approximate surface area is 96.8 Å². The molecule has 1 rings (SSSR count). The van der Waals surface area contributed by atoms with Gasteiger partial charge < -0.3 is 11.1 Å². The van der Waals surface area contributed by atoms with Gasteiger partial charge in [0, 0.05) is 23.7 Å². The van der Waals surface area contributed by atoms with Crippen molar-refractivity contribution in [2.75, 3.05) is 29.1 Å². The van der Waals surface area contributed by atoms with Crippen molar-refractivity contribution in [3.05, 3.63) is 23.8 Å². The molecular weight excluding hydrogens is 224 g/mol. The summed E-state index contributed by atoms with van der Waals surface area (Å²) < 4.78 is 22.6. The molecule has 0 radical (unpaired) electrons. The van der Waals surface area contributed by atoms with Gasteiger partial charge >= 0.3 is 0 Å². The number of sulfone groups is 1. The van der Waals surface area contributed by atoms with Crippen molar-refractivity contribution in [3.63, 3.8) is 0 Å². The number of anilines is 2. The van der Waals surface area contributed by atoms with Crippen molar-refractivity contribution in [2.24, 2.45) is 0 Å². The molecule has 1 aromatic carbocycles. The zero-order chi connectivity index (χ0) is 12.2. The lowest BCUT2D eigenvalue weighted by Crippen LogP contribution is -2.17. The fourth-order valence-corrected chi connectivity index (χ4v) is 2.03. The van der Waals surface area contributed by atoms with E-state index in [9.17, 15) is 8.42 Å². The molecule has 5 heteroatoms. The van der Waals surface area contributed by atoms with Crippen molar-refractivity contribution < 1.29 is 8.42 Å². The van der Waals surface area contributed by atoms with Gasteiger partial charge in [-0.3, -0.25) is 0 Å². The predicted octanol–water partition coefficient (Wildman–Crippen LogP) is 1.42. The fraction of sp³-hybridized carbons (Fsp3) is 0.455. The third-order valence-electron chi connectivity index (χ3n) is 2.54. The smallest absolute Gasteiger partial charge is 0.151 e. The highest BCUT2D eigenvalue weighted by Crippen LogP contribution is 2.19. The summed E-state index contributed by atoms with van der Waals surface area (Å²) in [5, 5.41) is 3.09. The van der Waals surface area contributed by atoms with Crippen LogP contribution < -0.4 is 11.1 Å². The van der Waals surface area contributed by atoms with Gasteiger partial charge in [-0.2, -0.15) is 0 Å². The van der Waals surface area contributed by atoms with Crippen LogP contribution in [0.4, 0.5) is 11.4 Å². The molecule has 0 atom stereocenters. The molecule has 0 unspecified atom stereocenters. The molecule has 0 aromatic heterocycles. The van der Waals surface area contributed by atoms with Crippen LogP contribution >= 0.6 is 0 Å². The molecule has 3 N–H and O–H groups in total. The van der Waals surface area contributed by atoms with Gasteiger partial charge in [0.15, 0.2) is 9.84 Å². The first-order valence-electron chi connectivity index (χ1n) is 5.25. The average molecular weight is 242 g/mol. The van der Waals surface area contributed by atoms with E-state index in [0.717, 1.165) is 11.3 Å². The van der Waals surface area contributed by atoms with E-state index >= 15 is 0 Å². The first-order chi connectivity index (χ1) is 7.46. The number of nitrogen functional groups attached to an aromatic ring is 1. The SMILES string of the molecule is CCS(=O)(=O)CCNc1cccc(N)c1C. The van der Waals surface area contributed by atoms with Crippen molar-refractivity contribution in [2.45, 2.75) is 13.8 Å². The molecule has 1 aromatic rings. The van der Waals surface area contributed by atoms with Crippen molar-refractivity contribution in [1.82, 2.24) is 0 Å². The van der Waals surface area contributed by atoms with E-state index in [1.54, 1.807) is 6.92 Å². The minimum Gasteiger partial charge on any atom is -0.398 e. The maximum absolute atomic E-state index is 11.3. The second-order valence-corrected chi connectivity index (χ2v) is 6.16. The molecule has 4 nitrogen and oxygen atoms in total. The van der Waals surface area contributed by atoms with Crippen LogP contribution in [-0.4, -0.2) is 26.5 Å². The van der Waals surface area contributed by atoms with Gasteiger partial charge in [0.1, 0.15) is 0 Å². The minimum absolute atomic E-state index is 0.151. The zero-order valence-corrected chi connectivity index (χ0v) is 10.5. The van der Waals surface area contributed by atoms with Crippen molar-refractivity contribution >= 4 is 21.2 Å².